The van der Waals surface area contributed by atoms with Crippen molar-refractivity contribution in [2.75, 3.05) is 0 Å². The van der Waals surface area contributed by atoms with Crippen LogP contribution in [0.25, 0.3) is 44.1 Å². The van der Waals surface area contributed by atoms with E-state index in [4.69, 9.17) is 0 Å². The summed E-state index contributed by atoms with van der Waals surface area (Å²) in [7, 11) is 0. The zero-order valence-electron chi connectivity index (χ0n) is 15.9. The van der Waals surface area contributed by atoms with Crippen LogP contribution in [0, 0.1) is 11.6 Å². The van der Waals surface area contributed by atoms with E-state index >= 15 is 0 Å². The van der Waals surface area contributed by atoms with Gasteiger partial charge in [0.15, 0.2) is 0 Å². The molecule has 6 aromatic rings. The van der Waals surface area contributed by atoms with Crippen molar-refractivity contribution < 1.29 is 8.78 Å². The zero-order chi connectivity index (χ0) is 20.2. The zero-order valence-corrected chi connectivity index (χ0v) is 15.9. The van der Waals surface area contributed by atoms with Gasteiger partial charge < -0.3 is 8.97 Å². The number of pyridine rings is 1. The molecule has 3 aromatic heterocycles. The summed E-state index contributed by atoms with van der Waals surface area (Å²) in [6.45, 7) is 0. The number of hydrogen-bond donors (Lipinski definition) is 0. The summed E-state index contributed by atoms with van der Waals surface area (Å²) >= 11 is 0. The Morgan fingerprint density at radius 2 is 1.23 bits per heavy atom. The number of nitrogens with zero attached hydrogens (tertiary/aromatic N) is 2. The fraction of sp³-hybridized carbons (Fsp3) is 0. The van der Waals surface area contributed by atoms with Crippen molar-refractivity contribution >= 4 is 27.3 Å². The predicted molar refractivity (Wildman–Crippen MR) is 117 cm³/mol. The SMILES string of the molecule is Fc1ccc2c(c1)c1cc(F)ccc1n2-c1cn2ccccc2c1-c1ccccc1. The van der Waals surface area contributed by atoms with E-state index in [1.807, 2.05) is 36.5 Å². The van der Waals surface area contributed by atoms with Crippen molar-refractivity contribution in [1.82, 2.24) is 8.97 Å². The second kappa shape index (κ2) is 6.29. The average Bonchev–Trinajstić information content (AvgIpc) is 3.29. The van der Waals surface area contributed by atoms with E-state index in [1.54, 1.807) is 12.1 Å². The average molecular weight is 394 g/mol. The van der Waals surface area contributed by atoms with Gasteiger partial charge >= 0.3 is 0 Å². The summed E-state index contributed by atoms with van der Waals surface area (Å²) in [6.07, 6.45) is 4.09. The number of fused-ring (bicyclic) bond motifs is 4. The number of halogens is 2. The first-order chi connectivity index (χ1) is 14.7. The van der Waals surface area contributed by atoms with Crippen molar-refractivity contribution in [2.45, 2.75) is 0 Å². The van der Waals surface area contributed by atoms with Crippen LogP contribution in [0.3, 0.4) is 0 Å². The summed E-state index contributed by atoms with van der Waals surface area (Å²) in [5.74, 6) is -0.674. The quantitative estimate of drug-likeness (QED) is 0.300. The van der Waals surface area contributed by atoms with Crippen LogP contribution in [0.1, 0.15) is 0 Å². The summed E-state index contributed by atoms with van der Waals surface area (Å²) in [6, 6.07) is 25.7. The minimum Gasteiger partial charge on any atom is -0.321 e. The van der Waals surface area contributed by atoms with Crippen LogP contribution >= 0.6 is 0 Å². The molecule has 0 aliphatic carbocycles. The summed E-state index contributed by atoms with van der Waals surface area (Å²) in [4.78, 5) is 0. The van der Waals surface area contributed by atoms with Gasteiger partial charge in [-0.3, -0.25) is 0 Å². The molecule has 0 amide bonds. The Balaban J connectivity index is 1.81. The maximum Gasteiger partial charge on any atom is 0.123 e. The lowest BCUT2D eigenvalue weighted by Gasteiger charge is -2.10. The Bertz CT molecular complexity index is 1500. The minimum absolute atomic E-state index is 0.337. The Kier molecular flexibility index (Phi) is 3.56. The third-order valence-electron chi connectivity index (χ3n) is 5.66. The predicted octanol–water partition coefficient (Wildman–Crippen LogP) is 6.98. The molecular weight excluding hydrogens is 378 g/mol. The molecule has 0 N–H and O–H groups in total. The van der Waals surface area contributed by atoms with E-state index in [-0.39, 0.29) is 11.6 Å². The van der Waals surface area contributed by atoms with Crippen LogP contribution in [-0.2, 0) is 0 Å². The molecule has 0 saturated carbocycles. The van der Waals surface area contributed by atoms with Gasteiger partial charge in [-0.05, 0) is 54.1 Å². The molecule has 0 aliphatic rings. The van der Waals surface area contributed by atoms with E-state index in [0.717, 1.165) is 33.4 Å². The van der Waals surface area contributed by atoms with Gasteiger partial charge in [0.1, 0.15) is 11.6 Å². The van der Waals surface area contributed by atoms with Gasteiger partial charge in [0.25, 0.3) is 0 Å². The Labute approximate surface area is 171 Å². The maximum absolute atomic E-state index is 14.1. The molecule has 144 valence electrons. The molecule has 0 unspecified atom stereocenters. The minimum atomic E-state index is -0.337. The summed E-state index contributed by atoms with van der Waals surface area (Å²) in [5, 5.41) is 1.39. The highest BCUT2D eigenvalue weighted by Gasteiger charge is 2.19. The van der Waals surface area contributed by atoms with Crippen LogP contribution < -0.4 is 0 Å². The highest BCUT2D eigenvalue weighted by Crippen LogP contribution is 2.39. The topological polar surface area (TPSA) is 9.34 Å². The molecule has 0 saturated heterocycles. The van der Waals surface area contributed by atoms with E-state index < -0.39 is 0 Å². The van der Waals surface area contributed by atoms with E-state index in [1.165, 1.54) is 24.3 Å². The largest absolute Gasteiger partial charge is 0.321 e. The normalized spacial score (nSPS) is 11.7. The number of benzene rings is 3. The number of hydrogen-bond acceptors (Lipinski definition) is 0. The van der Waals surface area contributed by atoms with Gasteiger partial charge in [-0.1, -0.05) is 36.4 Å². The molecule has 3 heterocycles. The monoisotopic (exact) mass is 394 g/mol. The maximum atomic E-state index is 14.1. The van der Waals surface area contributed by atoms with Crippen LogP contribution in [0.2, 0.25) is 0 Å². The molecule has 0 aliphatic heterocycles. The van der Waals surface area contributed by atoms with E-state index in [0.29, 0.717) is 10.8 Å². The molecule has 0 bridgehead atoms. The molecule has 0 fully saturated rings. The van der Waals surface area contributed by atoms with Gasteiger partial charge in [0.2, 0.25) is 0 Å². The molecular formula is C26H16F2N2. The second-order valence-electron chi connectivity index (χ2n) is 7.41. The highest BCUT2D eigenvalue weighted by atomic mass is 19.1. The smallest absolute Gasteiger partial charge is 0.123 e. The highest BCUT2D eigenvalue weighted by molar-refractivity contribution is 6.10. The van der Waals surface area contributed by atoms with Crippen molar-refractivity contribution in [2.24, 2.45) is 0 Å². The molecule has 4 heteroatoms. The lowest BCUT2D eigenvalue weighted by Crippen LogP contribution is -1.94. The lowest BCUT2D eigenvalue weighted by atomic mass is 10.1. The Morgan fingerprint density at radius 1 is 0.600 bits per heavy atom. The van der Waals surface area contributed by atoms with Crippen molar-refractivity contribution in [1.29, 1.82) is 0 Å². The van der Waals surface area contributed by atoms with Crippen molar-refractivity contribution in [3.8, 4) is 16.8 Å². The van der Waals surface area contributed by atoms with E-state index in [9.17, 15) is 8.78 Å². The number of aromatic nitrogens is 2. The van der Waals surface area contributed by atoms with Crippen LogP contribution in [-0.4, -0.2) is 8.97 Å². The van der Waals surface area contributed by atoms with Crippen LogP contribution in [0.4, 0.5) is 8.78 Å². The third-order valence-corrected chi connectivity index (χ3v) is 5.66. The second-order valence-corrected chi connectivity index (χ2v) is 7.41. The van der Waals surface area contributed by atoms with Crippen LogP contribution in [0.5, 0.6) is 0 Å². The molecule has 0 radical (unpaired) electrons. The third kappa shape index (κ3) is 2.40. The fourth-order valence-corrected chi connectivity index (χ4v) is 4.41. The van der Waals surface area contributed by atoms with Gasteiger partial charge in [0, 0.05) is 28.7 Å². The van der Waals surface area contributed by atoms with Crippen LogP contribution in [0.15, 0.2) is 97.3 Å². The molecule has 6 rings (SSSR count). The molecule has 3 aromatic carbocycles. The van der Waals surface area contributed by atoms with Crippen molar-refractivity contribution in [3.63, 3.8) is 0 Å². The molecule has 30 heavy (non-hydrogen) atoms. The Hall–Kier alpha value is -3.92. The van der Waals surface area contributed by atoms with Gasteiger partial charge in [-0.25, -0.2) is 8.78 Å². The first-order valence-electron chi connectivity index (χ1n) is 9.75. The van der Waals surface area contributed by atoms with E-state index in [2.05, 4.69) is 33.4 Å². The van der Waals surface area contributed by atoms with Gasteiger partial charge in [-0.2, -0.15) is 0 Å². The van der Waals surface area contributed by atoms with Crippen molar-refractivity contribution in [3.05, 3.63) is 109 Å². The fourth-order valence-electron chi connectivity index (χ4n) is 4.41. The number of rotatable bonds is 2. The molecule has 0 spiro atoms. The van der Waals surface area contributed by atoms with Gasteiger partial charge in [0.05, 0.1) is 22.2 Å². The molecule has 0 atom stereocenters. The first-order valence-corrected chi connectivity index (χ1v) is 9.75. The van der Waals surface area contributed by atoms with Gasteiger partial charge in [-0.15, -0.1) is 0 Å². The summed E-state index contributed by atoms with van der Waals surface area (Å²) < 4.78 is 32.3. The standard InChI is InChI=1S/C26H16F2N2/c27-18-9-11-22-20(14-18)21-15-19(28)10-12-23(21)30(22)25-16-29-13-5-4-8-24(29)26(25)17-6-2-1-3-7-17/h1-16H. The molecule has 2 nitrogen and oxygen atoms in total. The lowest BCUT2D eigenvalue weighted by molar-refractivity contribution is 0.628. The first kappa shape index (κ1) is 17.0. The summed E-state index contributed by atoms with van der Waals surface area (Å²) in [5.41, 5.74) is 5.86. The Morgan fingerprint density at radius 3 is 1.90 bits per heavy atom.